The molecule has 703 valence electrons. The van der Waals surface area contributed by atoms with E-state index in [4.69, 9.17) is 6.57 Å². The Bertz CT molecular complexity index is 7360. The van der Waals surface area contributed by atoms with Gasteiger partial charge in [0.1, 0.15) is 6.29 Å². The molecule has 8 nitrogen and oxygen atoms in total. The largest absolute Gasteiger partial charge is 0.356 e. The van der Waals surface area contributed by atoms with Crippen molar-refractivity contribution in [2.24, 2.45) is 0 Å². The van der Waals surface area contributed by atoms with Gasteiger partial charge in [0.2, 0.25) is 0 Å². The lowest BCUT2D eigenvalue weighted by Gasteiger charge is -2.25. The van der Waals surface area contributed by atoms with Crippen molar-refractivity contribution in [2.45, 2.75) is 14.9 Å². The standard InChI is InChI=1S/C60H42N4.C25H19NO.C24H19N.C12H9Br.C12H11N.2CH4.B.2H2/c1-62-60-43-51(28-22-45-24-34-56(35-25-45)63(54-18-10-4-11-19-54)58-38-30-49(31-39-58)47-14-6-2-7-15-47)53(44-61)42-52(60)29-23-46-26-36-57(37-27-46)64(55-20-12-5-13-21-55)59-40-32-50(33-41-59)48-16-8-3-9-17-48;27-19-20-11-15-24(16-12-20)26(23-9-5-2-6-10-23)25-17-13-22(14-18-25)21-7-3-1-4-8-21;1-4-10-20(11-5-1)21-16-18-24(19-17-21)25(22-12-6-2-7-13-22)23-14-8-3-9-15-23;13-12-8-6-11(7-9-12)10-4-2-1-3-5-10;1-3-7-11(8-4-1)13-12-9-5-2-6-10-12;;;;;/h2-43H;1-19H;1-19H;1-9H;1-10,13H;2*1H4;;2*1H/b28-22+,29-23+;;;;;;;;;/i;;;;;;;;1+1;. The summed E-state index contributed by atoms with van der Waals surface area (Å²) in [6, 6.07) is 197. The topological polar surface area (TPSA) is 70.2 Å². The highest BCUT2D eigenvalue weighted by Crippen LogP contribution is 2.42. The number of aldehydes is 1. The van der Waals surface area contributed by atoms with Gasteiger partial charge in [0.25, 0.3) is 0 Å². The van der Waals surface area contributed by atoms with E-state index >= 15 is 0 Å². The predicted octanol–water partition coefficient (Wildman–Crippen LogP) is 39.1. The quantitative estimate of drug-likeness (QED) is 0.0280. The third-order valence-electron chi connectivity index (χ3n) is 23.7. The Kier molecular flexibility index (Phi) is 37.3. The lowest BCUT2D eigenvalue weighted by atomic mass is 10.0. The van der Waals surface area contributed by atoms with Gasteiger partial charge in [0.15, 0.2) is 5.69 Å². The minimum Gasteiger partial charge on any atom is -0.356 e. The monoisotopic (exact) mass is 1940 g/mol. The first-order chi connectivity index (χ1) is 70.2. The number of nitriles is 1. The first kappa shape index (κ1) is 102. The summed E-state index contributed by atoms with van der Waals surface area (Å²) in [5.41, 5.74) is 32.2. The van der Waals surface area contributed by atoms with E-state index in [1.807, 2.05) is 218 Å². The highest BCUT2D eigenvalue weighted by Gasteiger charge is 2.19. The number of halogens is 1. The molecule has 0 aliphatic heterocycles. The molecule has 21 rings (SSSR count). The summed E-state index contributed by atoms with van der Waals surface area (Å²) in [5.74, 6) is 0. The number of benzene rings is 21. The van der Waals surface area contributed by atoms with Crippen LogP contribution in [-0.4, -0.2) is 14.7 Å². The summed E-state index contributed by atoms with van der Waals surface area (Å²) in [4.78, 5) is 23.8. The molecule has 1 N–H and O–H groups in total. The van der Waals surface area contributed by atoms with Crippen LogP contribution in [0.4, 0.5) is 85.3 Å². The molecule has 0 saturated heterocycles. The normalized spacial score (nSPS) is 10.3. The summed E-state index contributed by atoms with van der Waals surface area (Å²) in [5, 5.41) is 13.5. The molecule has 0 saturated carbocycles. The van der Waals surface area contributed by atoms with Crippen LogP contribution in [0.1, 0.15) is 55.9 Å². The van der Waals surface area contributed by atoms with E-state index in [1.54, 1.807) is 12.1 Å². The Labute approximate surface area is 867 Å². The second-order valence-electron chi connectivity index (χ2n) is 33.2. The summed E-state index contributed by atoms with van der Waals surface area (Å²) in [6.45, 7) is 8.02. The van der Waals surface area contributed by atoms with Crippen LogP contribution in [0.15, 0.2) is 575 Å². The van der Waals surface area contributed by atoms with Gasteiger partial charge in [-0.15, -0.1) is 0 Å². The van der Waals surface area contributed by atoms with Crippen molar-refractivity contribution in [3.05, 3.63) is 620 Å². The molecule has 0 atom stereocenters. The minimum absolute atomic E-state index is 0. The van der Waals surface area contributed by atoms with Crippen LogP contribution in [0.5, 0.6) is 0 Å². The Morgan fingerprint density at radius 1 is 0.248 bits per heavy atom. The number of anilines is 14. The van der Waals surface area contributed by atoms with Gasteiger partial charge in [-0.3, -0.25) is 4.79 Å². The SMILES string of the molecule is Brc1ccc(-c2ccccc2)cc1.C.C.O=Cc1ccc(N(c2ccccc2)c2ccc(-c3ccccc3)cc2)cc1.[2HH].[B].[C-]#[N+]c1cc(/C=C/c2ccc(N(c3ccccc3)c3ccc(-c4ccccc4)cc3)cc2)c(C#N)cc1/C=C/c1ccc(N(c2ccccc2)c2ccc(-c3ccccc3)cc2)cc1.[HH].c1ccc(-c2ccc(N(c3ccccc3)c3ccccc3)cc2)cc1.c1ccc(Nc2ccccc2)cc1. The maximum atomic E-state index is 11.0. The molecule has 21 aromatic carbocycles. The number of hydrogen-bond donors (Lipinski definition) is 1. The summed E-state index contributed by atoms with van der Waals surface area (Å²) >= 11 is 3.42. The van der Waals surface area contributed by atoms with Gasteiger partial charge in [-0.25, -0.2) is 4.85 Å². The molecule has 145 heavy (non-hydrogen) atoms. The van der Waals surface area contributed by atoms with Crippen molar-refractivity contribution in [3.63, 3.8) is 0 Å². The molecular formula is C135H112BBrN7O. The van der Waals surface area contributed by atoms with Crippen LogP contribution in [0.25, 0.3) is 84.8 Å². The zero-order valence-corrected chi connectivity index (χ0v) is 80.3. The van der Waals surface area contributed by atoms with E-state index in [-0.39, 0.29) is 26.1 Å². The molecule has 10 heteroatoms. The van der Waals surface area contributed by atoms with Crippen LogP contribution in [0.3, 0.4) is 0 Å². The van der Waals surface area contributed by atoms with Crippen LogP contribution >= 0.6 is 15.9 Å². The third-order valence-corrected chi connectivity index (χ3v) is 24.3. The molecule has 0 unspecified atom stereocenters. The summed E-state index contributed by atoms with van der Waals surface area (Å²) < 4.78 is 1.12. The molecule has 0 spiro atoms. The maximum absolute atomic E-state index is 11.0. The van der Waals surface area contributed by atoms with E-state index in [0.717, 1.165) is 102 Å². The molecule has 0 amide bonds. The second-order valence-corrected chi connectivity index (χ2v) is 34.1. The van der Waals surface area contributed by atoms with Crippen LogP contribution in [0.2, 0.25) is 0 Å². The lowest BCUT2D eigenvalue weighted by Crippen LogP contribution is -2.09. The molecule has 0 aliphatic rings. The van der Waals surface area contributed by atoms with Gasteiger partial charge < -0.3 is 24.9 Å². The molecule has 0 fully saturated rings. The molecular weight excluding hydrogens is 1830 g/mol. The fourth-order valence-electron chi connectivity index (χ4n) is 16.5. The van der Waals surface area contributed by atoms with Crippen LogP contribution in [-0.2, 0) is 0 Å². The van der Waals surface area contributed by atoms with E-state index < -0.39 is 0 Å². The van der Waals surface area contributed by atoms with Gasteiger partial charge in [0.05, 0.1) is 18.2 Å². The van der Waals surface area contributed by atoms with E-state index in [1.165, 1.54) is 55.6 Å². The molecule has 0 heterocycles. The number of carbonyl (C=O) groups is 1. The van der Waals surface area contributed by atoms with Crippen molar-refractivity contribution in [2.75, 3.05) is 24.9 Å². The van der Waals surface area contributed by atoms with Crippen LogP contribution < -0.4 is 24.9 Å². The Balaban J connectivity index is 0.000000189. The van der Waals surface area contributed by atoms with Gasteiger partial charge in [-0.1, -0.05) is 419 Å². The first-order valence-corrected chi connectivity index (χ1v) is 47.8. The Hall–Kier alpha value is -18.7. The predicted molar refractivity (Wildman–Crippen MR) is 626 cm³/mol. The summed E-state index contributed by atoms with van der Waals surface area (Å²) in [7, 11) is 0. The van der Waals surface area contributed by atoms with Crippen LogP contribution in [0, 0.1) is 17.9 Å². The van der Waals surface area contributed by atoms with Crippen molar-refractivity contribution < 1.29 is 7.65 Å². The zero-order chi connectivity index (χ0) is 96.9. The lowest BCUT2D eigenvalue weighted by molar-refractivity contribution is 0.112. The van der Waals surface area contributed by atoms with E-state index in [2.05, 4.69) is 416 Å². The highest BCUT2D eigenvalue weighted by molar-refractivity contribution is 9.10. The van der Waals surface area contributed by atoms with E-state index in [9.17, 15) is 10.1 Å². The van der Waals surface area contributed by atoms with Crippen molar-refractivity contribution in [3.8, 4) is 61.7 Å². The van der Waals surface area contributed by atoms with Gasteiger partial charge in [-0.2, -0.15) is 5.26 Å². The number of rotatable bonds is 24. The molecule has 3 radical (unpaired) electrons. The van der Waals surface area contributed by atoms with E-state index in [0.29, 0.717) is 27.9 Å². The number of carbonyl (C=O) groups excluding carboxylic acids is 1. The number of nitrogens with one attached hydrogen (secondary N) is 1. The Morgan fingerprint density at radius 3 is 0.669 bits per heavy atom. The molecule has 0 bridgehead atoms. The first-order valence-electron chi connectivity index (χ1n) is 47.0. The number of nitrogens with zero attached hydrogens (tertiary/aromatic N) is 6. The smallest absolute Gasteiger partial charge is 0.194 e. The van der Waals surface area contributed by atoms with Crippen molar-refractivity contribution in [1.29, 1.82) is 5.26 Å². The average molecular weight is 1940 g/mol. The number of hydrogen-bond acceptors (Lipinski definition) is 7. The fourth-order valence-corrected chi connectivity index (χ4v) is 16.8. The maximum Gasteiger partial charge on any atom is 0.194 e. The number of para-hydroxylation sites is 7. The third kappa shape index (κ3) is 27.9. The summed E-state index contributed by atoms with van der Waals surface area (Å²) in [6.07, 6.45) is 8.68. The van der Waals surface area contributed by atoms with Crippen molar-refractivity contribution in [1.82, 2.24) is 0 Å². The Morgan fingerprint density at radius 2 is 0.441 bits per heavy atom. The van der Waals surface area contributed by atoms with Gasteiger partial charge >= 0.3 is 0 Å². The average Bonchev–Trinajstić information content (AvgIpc) is 0.830. The van der Waals surface area contributed by atoms with Gasteiger partial charge in [-0.05, 0) is 284 Å². The fraction of sp³-hybridized carbons (Fsp3) is 0.0148. The molecule has 0 aromatic heterocycles. The zero-order valence-electron chi connectivity index (χ0n) is 78.7. The van der Waals surface area contributed by atoms with Crippen molar-refractivity contribution >= 4 is 140 Å². The molecule has 0 aliphatic carbocycles. The molecule has 21 aromatic rings. The second kappa shape index (κ2) is 52.9. The highest BCUT2D eigenvalue weighted by atomic mass is 79.9. The van der Waals surface area contributed by atoms with Gasteiger partial charge in [0, 0.05) is 101 Å². The minimum atomic E-state index is 0.